The zero-order valence-electron chi connectivity index (χ0n) is 16.6. The fourth-order valence-corrected chi connectivity index (χ4v) is 5.08. The molecule has 12 heteroatoms. The number of carbonyl (C=O) groups excluding carboxylic acids is 2. The zero-order valence-corrected chi connectivity index (χ0v) is 17.4. The summed E-state index contributed by atoms with van der Waals surface area (Å²) in [6.07, 6.45) is -4.52. The highest BCUT2D eigenvalue weighted by molar-refractivity contribution is 7.09. The predicted octanol–water partition coefficient (Wildman–Crippen LogP) is 2.29. The summed E-state index contributed by atoms with van der Waals surface area (Å²) in [6.45, 7) is 1.88. The van der Waals surface area contributed by atoms with E-state index in [-0.39, 0.29) is 12.1 Å². The summed E-state index contributed by atoms with van der Waals surface area (Å²) in [5.41, 5.74) is 2.68. The quantitative estimate of drug-likeness (QED) is 0.625. The monoisotopic (exact) mass is 469 g/mol. The molecule has 1 aromatic carbocycles. The molecule has 2 fully saturated rings. The van der Waals surface area contributed by atoms with E-state index in [2.05, 4.69) is 15.0 Å². The fraction of sp³-hybridized carbons (Fsp3) is 0.400. The third kappa shape index (κ3) is 4.07. The molecule has 0 saturated carbocycles. The van der Waals surface area contributed by atoms with Gasteiger partial charge in [0.25, 0.3) is 0 Å². The number of ether oxygens (including phenoxy) is 1. The first-order chi connectivity index (χ1) is 15.1. The molecule has 0 bridgehead atoms. The van der Waals surface area contributed by atoms with E-state index in [0.717, 1.165) is 27.6 Å². The molecule has 2 saturated heterocycles. The number of carboxylic acids is 1. The van der Waals surface area contributed by atoms with Crippen molar-refractivity contribution in [3.05, 3.63) is 45.9 Å². The highest BCUT2D eigenvalue weighted by Crippen LogP contribution is 2.44. The number of thiazole rings is 1. The van der Waals surface area contributed by atoms with Crippen LogP contribution in [0, 0.1) is 18.8 Å². The zero-order chi connectivity index (χ0) is 23.2. The molecule has 0 aliphatic carbocycles. The second-order valence-corrected chi connectivity index (χ2v) is 8.51. The minimum Gasteiger partial charge on any atom is -0.480 e. The first-order valence-electron chi connectivity index (χ1n) is 9.65. The van der Waals surface area contributed by atoms with Crippen LogP contribution < -0.4 is 10.1 Å². The predicted molar refractivity (Wildman–Crippen MR) is 105 cm³/mol. The number of hydrogen-bond donors (Lipinski definition) is 2. The number of benzene rings is 1. The smallest absolute Gasteiger partial charge is 0.480 e. The van der Waals surface area contributed by atoms with E-state index >= 15 is 0 Å². The first kappa shape index (κ1) is 22.2. The number of nitrogens with zero attached hydrogens (tertiary/aromatic N) is 2. The molecule has 0 spiro atoms. The number of rotatable bonds is 6. The molecule has 2 aliphatic rings. The lowest BCUT2D eigenvalue weighted by molar-refractivity contribution is -0.274. The van der Waals surface area contributed by atoms with Crippen molar-refractivity contribution in [2.45, 2.75) is 31.8 Å². The van der Waals surface area contributed by atoms with Crippen molar-refractivity contribution < 1.29 is 37.4 Å². The third-order valence-electron chi connectivity index (χ3n) is 5.69. The summed E-state index contributed by atoms with van der Waals surface area (Å²) < 4.78 is 41.7. The van der Waals surface area contributed by atoms with Crippen LogP contribution >= 0.6 is 11.3 Å². The van der Waals surface area contributed by atoms with Crippen LogP contribution in [0.2, 0.25) is 0 Å². The SMILES string of the molecule is Cc1ncsc1CCN1C(=O)C2C(C(=O)O)NC(c3cccc(OC(F)(F)F)c3)C2C1=O. The molecule has 2 aromatic rings. The molecule has 2 N–H and O–H groups in total. The van der Waals surface area contributed by atoms with Gasteiger partial charge in [0.2, 0.25) is 11.8 Å². The third-order valence-corrected chi connectivity index (χ3v) is 6.69. The van der Waals surface area contributed by atoms with Gasteiger partial charge in [0.05, 0.1) is 23.0 Å². The molecule has 4 atom stereocenters. The Morgan fingerprint density at radius 2 is 2.00 bits per heavy atom. The maximum absolute atomic E-state index is 13.2. The van der Waals surface area contributed by atoms with Crippen LogP contribution in [0.1, 0.15) is 22.2 Å². The molecule has 0 radical (unpaired) electrons. The Morgan fingerprint density at radius 3 is 2.62 bits per heavy atom. The van der Waals surface area contributed by atoms with E-state index in [1.165, 1.54) is 23.5 Å². The summed E-state index contributed by atoms with van der Waals surface area (Å²) in [6, 6.07) is 2.67. The maximum atomic E-state index is 13.2. The summed E-state index contributed by atoms with van der Waals surface area (Å²) in [4.78, 5) is 44.0. The minimum absolute atomic E-state index is 0.0734. The van der Waals surface area contributed by atoms with Crippen LogP contribution in [0.5, 0.6) is 5.75 Å². The largest absolute Gasteiger partial charge is 0.573 e. The molecular weight excluding hydrogens is 451 g/mol. The van der Waals surface area contributed by atoms with Crippen molar-refractivity contribution >= 4 is 29.1 Å². The van der Waals surface area contributed by atoms with Gasteiger partial charge in [0.1, 0.15) is 11.8 Å². The lowest BCUT2D eigenvalue weighted by Gasteiger charge is -2.22. The van der Waals surface area contributed by atoms with E-state index in [1.807, 2.05) is 6.92 Å². The average Bonchev–Trinajstić information content (AvgIpc) is 3.36. The number of carboxylic acid groups (broad SMARTS) is 1. The van der Waals surface area contributed by atoms with Crippen LogP contribution in [-0.2, 0) is 20.8 Å². The van der Waals surface area contributed by atoms with Crippen molar-refractivity contribution in [2.75, 3.05) is 6.54 Å². The Labute approximate surface area is 184 Å². The van der Waals surface area contributed by atoms with E-state index < -0.39 is 53.8 Å². The number of halogens is 3. The van der Waals surface area contributed by atoms with Crippen molar-refractivity contribution in [1.29, 1.82) is 0 Å². The average molecular weight is 469 g/mol. The number of aromatic nitrogens is 1. The van der Waals surface area contributed by atoms with Crippen LogP contribution in [0.15, 0.2) is 29.8 Å². The molecule has 170 valence electrons. The number of aliphatic carboxylic acids is 1. The minimum atomic E-state index is -4.90. The van der Waals surface area contributed by atoms with Crippen molar-refractivity contribution in [1.82, 2.24) is 15.2 Å². The number of hydrogen-bond acceptors (Lipinski definition) is 7. The van der Waals surface area contributed by atoms with Crippen LogP contribution in [0.25, 0.3) is 0 Å². The standard InChI is InChI=1S/C20H18F3N3O5S/c1-9-12(32-8-24-9)5-6-26-17(27)13-14(18(26)28)16(19(29)30)25-15(13)10-3-2-4-11(7-10)31-20(21,22)23/h2-4,7-8,13-16,25H,5-6H2,1H3,(H,29,30). The van der Waals surface area contributed by atoms with Crippen LogP contribution in [0.4, 0.5) is 13.2 Å². The van der Waals surface area contributed by atoms with Gasteiger partial charge in [-0.2, -0.15) is 0 Å². The molecular formula is C20H18F3N3O5S. The Hall–Kier alpha value is -2.99. The molecule has 32 heavy (non-hydrogen) atoms. The lowest BCUT2D eigenvalue weighted by Crippen LogP contribution is -2.43. The van der Waals surface area contributed by atoms with Gasteiger partial charge in [-0.25, -0.2) is 4.98 Å². The summed E-state index contributed by atoms with van der Waals surface area (Å²) >= 11 is 1.39. The second kappa shape index (κ2) is 8.17. The van der Waals surface area contributed by atoms with Crippen molar-refractivity contribution in [3.8, 4) is 5.75 Å². The van der Waals surface area contributed by atoms with Gasteiger partial charge < -0.3 is 9.84 Å². The van der Waals surface area contributed by atoms with Gasteiger partial charge in [0, 0.05) is 23.9 Å². The van der Waals surface area contributed by atoms with Crippen molar-refractivity contribution in [3.63, 3.8) is 0 Å². The van der Waals surface area contributed by atoms with Crippen LogP contribution in [0.3, 0.4) is 0 Å². The fourth-order valence-electron chi connectivity index (χ4n) is 4.31. The number of alkyl halides is 3. The highest BCUT2D eigenvalue weighted by atomic mass is 32.1. The Bertz CT molecular complexity index is 1070. The van der Waals surface area contributed by atoms with E-state index in [1.54, 1.807) is 5.51 Å². The number of fused-ring (bicyclic) bond motifs is 1. The molecule has 4 unspecified atom stereocenters. The highest BCUT2D eigenvalue weighted by Gasteiger charge is 2.60. The van der Waals surface area contributed by atoms with E-state index in [9.17, 15) is 32.7 Å². The topological polar surface area (TPSA) is 109 Å². The van der Waals surface area contributed by atoms with Gasteiger partial charge in [0.15, 0.2) is 0 Å². The Morgan fingerprint density at radius 1 is 1.28 bits per heavy atom. The summed E-state index contributed by atoms with van der Waals surface area (Å²) in [5, 5.41) is 12.4. The van der Waals surface area contributed by atoms with Gasteiger partial charge in [-0.3, -0.25) is 24.6 Å². The number of imide groups is 1. The maximum Gasteiger partial charge on any atom is 0.573 e. The van der Waals surface area contributed by atoms with Crippen LogP contribution in [-0.4, -0.2) is 51.7 Å². The number of aryl methyl sites for hydroxylation is 1. The van der Waals surface area contributed by atoms with E-state index in [0.29, 0.717) is 6.42 Å². The normalized spacial score (nSPS) is 25.3. The molecule has 3 heterocycles. The number of nitrogens with one attached hydrogen (secondary N) is 1. The summed E-state index contributed by atoms with van der Waals surface area (Å²) in [7, 11) is 0. The Balaban J connectivity index is 1.62. The van der Waals surface area contributed by atoms with Gasteiger partial charge in [-0.05, 0) is 24.6 Å². The molecule has 8 nitrogen and oxygen atoms in total. The second-order valence-electron chi connectivity index (χ2n) is 7.57. The lowest BCUT2D eigenvalue weighted by atomic mass is 9.86. The first-order valence-corrected chi connectivity index (χ1v) is 10.5. The van der Waals surface area contributed by atoms with Gasteiger partial charge >= 0.3 is 12.3 Å². The summed E-state index contributed by atoms with van der Waals surface area (Å²) in [5.74, 6) is -5.17. The number of amides is 2. The molecule has 2 amide bonds. The number of likely N-dealkylation sites (tertiary alicyclic amines) is 1. The molecule has 4 rings (SSSR count). The Kier molecular flexibility index (Phi) is 5.67. The molecule has 1 aromatic heterocycles. The van der Waals surface area contributed by atoms with Crippen molar-refractivity contribution in [2.24, 2.45) is 11.8 Å². The molecule has 2 aliphatic heterocycles. The van der Waals surface area contributed by atoms with E-state index in [4.69, 9.17) is 0 Å². The van der Waals surface area contributed by atoms with Gasteiger partial charge in [-0.1, -0.05) is 12.1 Å². The number of carbonyl (C=O) groups is 3. The van der Waals surface area contributed by atoms with Gasteiger partial charge in [-0.15, -0.1) is 24.5 Å².